The lowest BCUT2D eigenvalue weighted by Gasteiger charge is -2.36. The van der Waals surface area contributed by atoms with Crippen molar-refractivity contribution in [1.82, 2.24) is 9.80 Å². The number of amides is 1. The molecule has 2 atom stereocenters. The van der Waals surface area contributed by atoms with Crippen LogP contribution in [0.5, 0.6) is 0 Å². The van der Waals surface area contributed by atoms with Crippen molar-refractivity contribution in [2.24, 2.45) is 0 Å². The third-order valence-corrected chi connectivity index (χ3v) is 5.78. The lowest BCUT2D eigenvalue weighted by molar-refractivity contribution is -0.129. The Morgan fingerprint density at radius 3 is 2.83 bits per heavy atom. The predicted molar refractivity (Wildman–Crippen MR) is 95.0 cm³/mol. The molecule has 2 aliphatic heterocycles. The van der Waals surface area contributed by atoms with Crippen molar-refractivity contribution in [3.05, 3.63) is 58.3 Å². The highest BCUT2D eigenvalue weighted by molar-refractivity contribution is 7.10. The van der Waals surface area contributed by atoms with E-state index in [0.717, 1.165) is 37.7 Å². The van der Waals surface area contributed by atoms with Crippen LogP contribution in [-0.4, -0.2) is 54.1 Å². The maximum atomic E-state index is 12.6. The first-order valence-corrected chi connectivity index (χ1v) is 9.37. The van der Waals surface area contributed by atoms with E-state index in [1.54, 1.807) is 11.3 Å². The van der Waals surface area contributed by atoms with E-state index >= 15 is 0 Å². The Kier molecular flexibility index (Phi) is 4.65. The van der Waals surface area contributed by atoms with Crippen LogP contribution < -0.4 is 0 Å². The molecule has 126 valence electrons. The van der Waals surface area contributed by atoms with E-state index in [1.807, 2.05) is 28.5 Å². The van der Waals surface area contributed by atoms with Gasteiger partial charge in [0.2, 0.25) is 5.91 Å². The van der Waals surface area contributed by atoms with Crippen LogP contribution >= 0.6 is 11.3 Å². The summed E-state index contributed by atoms with van der Waals surface area (Å²) in [6.07, 6.45) is 0.658. The molecule has 4 rings (SSSR count). The SMILES string of the molecule is O=C(Cc1cccs1)N1C[C@@H]2OCCN(Cc3ccccc3)[C@H]2C1. The van der Waals surface area contributed by atoms with Crippen molar-refractivity contribution in [2.45, 2.75) is 25.1 Å². The van der Waals surface area contributed by atoms with E-state index in [2.05, 4.69) is 29.2 Å². The topological polar surface area (TPSA) is 32.8 Å². The normalized spacial score (nSPS) is 24.1. The van der Waals surface area contributed by atoms with Crippen molar-refractivity contribution in [3.63, 3.8) is 0 Å². The summed E-state index contributed by atoms with van der Waals surface area (Å²) in [7, 11) is 0. The first-order valence-electron chi connectivity index (χ1n) is 8.49. The van der Waals surface area contributed by atoms with Crippen molar-refractivity contribution in [2.75, 3.05) is 26.2 Å². The molecule has 0 N–H and O–H groups in total. The molecule has 2 aliphatic rings. The Hall–Kier alpha value is -1.69. The number of fused-ring (bicyclic) bond motifs is 1. The molecule has 24 heavy (non-hydrogen) atoms. The average Bonchev–Trinajstić information content (AvgIpc) is 3.25. The fourth-order valence-corrected chi connectivity index (χ4v) is 4.35. The summed E-state index contributed by atoms with van der Waals surface area (Å²) >= 11 is 1.65. The zero-order valence-electron chi connectivity index (χ0n) is 13.6. The lowest BCUT2D eigenvalue weighted by atomic mass is 10.1. The van der Waals surface area contributed by atoms with Gasteiger partial charge < -0.3 is 9.64 Å². The fraction of sp³-hybridized carbons (Fsp3) is 0.421. The second kappa shape index (κ2) is 7.05. The largest absolute Gasteiger partial charge is 0.373 e. The Bertz CT molecular complexity index is 674. The smallest absolute Gasteiger partial charge is 0.227 e. The summed E-state index contributed by atoms with van der Waals surface area (Å²) in [6, 6.07) is 14.9. The summed E-state index contributed by atoms with van der Waals surface area (Å²) in [4.78, 5) is 18.2. The average molecular weight is 342 g/mol. The van der Waals surface area contributed by atoms with Crippen LogP contribution in [0, 0.1) is 0 Å². The summed E-state index contributed by atoms with van der Waals surface area (Å²) in [5, 5.41) is 2.02. The first kappa shape index (κ1) is 15.8. The summed E-state index contributed by atoms with van der Waals surface area (Å²) < 4.78 is 5.95. The molecule has 0 aliphatic carbocycles. The standard InChI is InChI=1S/C19H22N2O2S/c22-19(11-16-7-4-10-24-16)21-13-17-18(14-21)23-9-8-20(17)12-15-5-2-1-3-6-15/h1-7,10,17-18H,8-9,11-14H2/t17-,18-/m0/s1. The zero-order chi connectivity index (χ0) is 16.4. The number of hydrogen-bond acceptors (Lipinski definition) is 4. The van der Waals surface area contributed by atoms with Crippen molar-refractivity contribution in [1.29, 1.82) is 0 Å². The van der Waals surface area contributed by atoms with Gasteiger partial charge in [-0.2, -0.15) is 0 Å². The van der Waals surface area contributed by atoms with E-state index in [-0.39, 0.29) is 12.0 Å². The second-order valence-corrected chi connectivity index (χ2v) is 7.52. The van der Waals surface area contributed by atoms with E-state index in [1.165, 1.54) is 5.56 Å². The van der Waals surface area contributed by atoms with Crippen LogP contribution in [0.2, 0.25) is 0 Å². The number of carbonyl (C=O) groups excluding carboxylic acids is 1. The number of ether oxygens (including phenoxy) is 1. The number of rotatable bonds is 4. The lowest BCUT2D eigenvalue weighted by Crippen LogP contribution is -2.50. The van der Waals surface area contributed by atoms with Crippen LogP contribution in [-0.2, 0) is 22.5 Å². The minimum absolute atomic E-state index is 0.148. The monoisotopic (exact) mass is 342 g/mol. The Labute approximate surface area is 146 Å². The number of likely N-dealkylation sites (tertiary alicyclic amines) is 1. The highest BCUT2D eigenvalue weighted by atomic mass is 32.1. The Morgan fingerprint density at radius 2 is 2.04 bits per heavy atom. The molecule has 2 aromatic rings. The zero-order valence-corrected chi connectivity index (χ0v) is 14.5. The van der Waals surface area contributed by atoms with Crippen molar-refractivity contribution < 1.29 is 9.53 Å². The Morgan fingerprint density at radius 1 is 1.17 bits per heavy atom. The minimum Gasteiger partial charge on any atom is -0.373 e. The van der Waals surface area contributed by atoms with Gasteiger partial charge in [-0.05, 0) is 17.0 Å². The molecule has 1 aromatic carbocycles. The molecule has 0 saturated carbocycles. The van der Waals surface area contributed by atoms with Gasteiger partial charge in [-0.25, -0.2) is 0 Å². The molecule has 2 saturated heterocycles. The Balaban J connectivity index is 1.41. The third-order valence-electron chi connectivity index (χ3n) is 4.90. The molecule has 3 heterocycles. The molecule has 0 unspecified atom stereocenters. The maximum Gasteiger partial charge on any atom is 0.227 e. The van der Waals surface area contributed by atoms with E-state index in [0.29, 0.717) is 12.5 Å². The molecule has 0 bridgehead atoms. The third kappa shape index (κ3) is 3.38. The van der Waals surface area contributed by atoms with Gasteiger partial charge in [0.05, 0.1) is 25.2 Å². The van der Waals surface area contributed by atoms with Crippen LogP contribution in [0.1, 0.15) is 10.4 Å². The minimum atomic E-state index is 0.148. The number of morpholine rings is 1. The fourth-order valence-electron chi connectivity index (χ4n) is 3.65. The van der Waals surface area contributed by atoms with Crippen LogP contribution in [0.4, 0.5) is 0 Å². The molecule has 1 amide bonds. The summed E-state index contributed by atoms with van der Waals surface area (Å²) in [5.41, 5.74) is 1.32. The quantitative estimate of drug-likeness (QED) is 0.855. The van der Waals surface area contributed by atoms with E-state index < -0.39 is 0 Å². The van der Waals surface area contributed by atoms with Gasteiger partial charge in [0, 0.05) is 31.1 Å². The maximum absolute atomic E-state index is 12.6. The first-order chi connectivity index (χ1) is 11.8. The molecule has 5 heteroatoms. The number of hydrogen-bond donors (Lipinski definition) is 0. The number of thiophene rings is 1. The van der Waals surface area contributed by atoms with Crippen molar-refractivity contribution >= 4 is 17.2 Å². The van der Waals surface area contributed by atoms with Gasteiger partial charge in [-0.15, -0.1) is 11.3 Å². The molecular formula is C19H22N2O2S. The predicted octanol–water partition coefficient (Wildman–Crippen LogP) is 2.40. The summed E-state index contributed by atoms with van der Waals surface area (Å²) in [6.45, 7) is 4.12. The van der Waals surface area contributed by atoms with Gasteiger partial charge in [-0.1, -0.05) is 36.4 Å². The van der Waals surface area contributed by atoms with Crippen LogP contribution in [0.3, 0.4) is 0 Å². The van der Waals surface area contributed by atoms with Crippen LogP contribution in [0.25, 0.3) is 0 Å². The van der Waals surface area contributed by atoms with Gasteiger partial charge >= 0.3 is 0 Å². The molecule has 0 spiro atoms. The molecule has 1 aromatic heterocycles. The van der Waals surface area contributed by atoms with Gasteiger partial charge in [0.1, 0.15) is 0 Å². The highest BCUT2D eigenvalue weighted by Crippen LogP contribution is 2.25. The van der Waals surface area contributed by atoms with Crippen LogP contribution in [0.15, 0.2) is 47.8 Å². The van der Waals surface area contributed by atoms with Gasteiger partial charge in [0.25, 0.3) is 0 Å². The number of benzene rings is 1. The van der Waals surface area contributed by atoms with E-state index in [4.69, 9.17) is 4.74 Å². The number of nitrogens with zero attached hydrogens (tertiary/aromatic N) is 2. The number of carbonyl (C=O) groups is 1. The summed E-state index contributed by atoms with van der Waals surface area (Å²) in [5.74, 6) is 0.218. The molecule has 4 nitrogen and oxygen atoms in total. The second-order valence-electron chi connectivity index (χ2n) is 6.49. The van der Waals surface area contributed by atoms with Gasteiger partial charge in [-0.3, -0.25) is 9.69 Å². The molecule has 2 fully saturated rings. The van der Waals surface area contributed by atoms with E-state index in [9.17, 15) is 4.79 Å². The highest BCUT2D eigenvalue weighted by Gasteiger charge is 2.41. The molecule has 0 radical (unpaired) electrons. The van der Waals surface area contributed by atoms with Crippen molar-refractivity contribution in [3.8, 4) is 0 Å². The van der Waals surface area contributed by atoms with Gasteiger partial charge in [0.15, 0.2) is 0 Å². The molecular weight excluding hydrogens is 320 g/mol.